The van der Waals surface area contributed by atoms with Crippen molar-refractivity contribution in [3.63, 3.8) is 0 Å². The monoisotopic (exact) mass is 205 g/mol. The van der Waals surface area contributed by atoms with E-state index in [4.69, 9.17) is 12.2 Å². The van der Waals surface area contributed by atoms with E-state index in [-0.39, 0.29) is 0 Å². The van der Waals surface area contributed by atoms with Crippen LogP contribution in [0.15, 0.2) is 28.8 Å². The topological polar surface area (TPSA) is 12.4 Å². The van der Waals surface area contributed by atoms with Gasteiger partial charge in [0.25, 0.3) is 0 Å². The van der Waals surface area contributed by atoms with E-state index in [1.54, 1.807) is 0 Å². The summed E-state index contributed by atoms with van der Waals surface area (Å²) in [6.45, 7) is 6.72. The highest BCUT2D eigenvalue weighted by atomic mass is 32.1. The molecule has 2 rings (SSSR count). The quantitative estimate of drug-likeness (QED) is 0.554. The summed E-state index contributed by atoms with van der Waals surface area (Å²) in [7, 11) is 0. The number of fused-ring (bicyclic) bond motifs is 1. The second-order valence-corrected chi connectivity index (χ2v) is 4.71. The molecule has 1 aliphatic carbocycles. The van der Waals surface area contributed by atoms with Crippen LogP contribution in [0.1, 0.15) is 20.8 Å². The summed E-state index contributed by atoms with van der Waals surface area (Å²) in [5.41, 5.74) is 2.46. The third kappa shape index (κ3) is 1.48. The number of aliphatic imine (C=N–C) groups is 1. The van der Waals surface area contributed by atoms with Crippen LogP contribution in [0.2, 0.25) is 0 Å². The molecule has 0 spiro atoms. The van der Waals surface area contributed by atoms with Gasteiger partial charge in [-0.2, -0.15) is 0 Å². The number of nitrogens with zero attached hydrogens (tertiary/aromatic N) is 1. The first-order valence-electron chi connectivity index (χ1n) is 5.11. The molecule has 1 aliphatic heterocycles. The maximum absolute atomic E-state index is 5.18. The van der Waals surface area contributed by atoms with Crippen LogP contribution >= 0.6 is 12.2 Å². The van der Waals surface area contributed by atoms with Crippen molar-refractivity contribution >= 4 is 22.8 Å². The molecule has 1 heterocycles. The lowest BCUT2D eigenvalue weighted by Crippen LogP contribution is -2.31. The Morgan fingerprint density at radius 3 is 2.64 bits per heavy atom. The summed E-state index contributed by atoms with van der Waals surface area (Å²) < 4.78 is 0. The molecule has 3 unspecified atom stereocenters. The molecule has 0 saturated carbocycles. The normalized spacial score (nSPS) is 36.2. The first-order valence-corrected chi connectivity index (χ1v) is 5.52. The van der Waals surface area contributed by atoms with Crippen molar-refractivity contribution in [1.82, 2.24) is 0 Å². The molecule has 14 heavy (non-hydrogen) atoms. The molecule has 0 bridgehead atoms. The highest BCUT2D eigenvalue weighted by Crippen LogP contribution is 2.32. The Hall–Kier alpha value is -0.760. The van der Waals surface area contributed by atoms with E-state index in [0.717, 1.165) is 10.6 Å². The van der Waals surface area contributed by atoms with Gasteiger partial charge in [0.05, 0.1) is 11.8 Å². The highest BCUT2D eigenvalue weighted by molar-refractivity contribution is 7.81. The molecule has 0 amide bonds. The number of thiocarbonyl (C=S) groups is 1. The Kier molecular flexibility index (Phi) is 2.40. The molecule has 0 fully saturated rings. The summed E-state index contributed by atoms with van der Waals surface area (Å²) in [6, 6.07) is 0.425. The van der Waals surface area contributed by atoms with Crippen molar-refractivity contribution in [2.45, 2.75) is 26.8 Å². The molecule has 0 N–H and O–H groups in total. The van der Waals surface area contributed by atoms with Gasteiger partial charge in [0, 0.05) is 4.86 Å². The van der Waals surface area contributed by atoms with Gasteiger partial charge in [0.2, 0.25) is 0 Å². The average molecular weight is 205 g/mol. The van der Waals surface area contributed by atoms with Crippen LogP contribution in [-0.2, 0) is 0 Å². The minimum absolute atomic E-state index is 0.425. The van der Waals surface area contributed by atoms with Crippen molar-refractivity contribution in [3.8, 4) is 0 Å². The molecule has 2 aliphatic rings. The summed E-state index contributed by atoms with van der Waals surface area (Å²) in [4.78, 5) is 5.60. The van der Waals surface area contributed by atoms with Gasteiger partial charge in [-0.15, -0.1) is 0 Å². The predicted octanol–water partition coefficient (Wildman–Crippen LogP) is 2.97. The Morgan fingerprint density at radius 1 is 1.21 bits per heavy atom. The fraction of sp³-hybridized carbons (Fsp3) is 0.500. The zero-order chi connectivity index (χ0) is 10.3. The molecule has 2 heteroatoms. The van der Waals surface area contributed by atoms with Crippen molar-refractivity contribution in [2.75, 3.05) is 0 Å². The molecule has 0 aromatic heterocycles. The lowest BCUT2D eigenvalue weighted by Gasteiger charge is -2.32. The van der Waals surface area contributed by atoms with Crippen LogP contribution in [0.25, 0.3) is 0 Å². The smallest absolute Gasteiger partial charge is 0.0613 e. The number of allylic oxidation sites excluding steroid dienone is 4. The fourth-order valence-corrected chi connectivity index (χ4v) is 2.25. The van der Waals surface area contributed by atoms with Crippen LogP contribution in [0.3, 0.4) is 0 Å². The fourth-order valence-electron chi connectivity index (χ4n) is 2.05. The van der Waals surface area contributed by atoms with Gasteiger partial charge in [0.1, 0.15) is 0 Å². The molecule has 0 saturated heterocycles. The third-order valence-electron chi connectivity index (χ3n) is 3.38. The van der Waals surface area contributed by atoms with E-state index < -0.39 is 0 Å². The molecule has 1 nitrogen and oxygen atoms in total. The van der Waals surface area contributed by atoms with Gasteiger partial charge in [0.15, 0.2) is 0 Å². The van der Waals surface area contributed by atoms with Crippen molar-refractivity contribution < 1.29 is 0 Å². The summed E-state index contributed by atoms with van der Waals surface area (Å²) in [5, 5.41) is 0. The minimum atomic E-state index is 0.425. The van der Waals surface area contributed by atoms with Gasteiger partial charge in [-0.1, -0.05) is 26.1 Å². The van der Waals surface area contributed by atoms with E-state index in [0.29, 0.717) is 17.9 Å². The van der Waals surface area contributed by atoms with E-state index >= 15 is 0 Å². The Balaban J connectivity index is 2.45. The zero-order valence-corrected chi connectivity index (χ0v) is 9.64. The van der Waals surface area contributed by atoms with Gasteiger partial charge < -0.3 is 0 Å². The predicted molar refractivity (Wildman–Crippen MR) is 65.0 cm³/mol. The largest absolute Gasteiger partial charge is 0.282 e. The lowest BCUT2D eigenvalue weighted by molar-refractivity contribution is 0.376. The molecule has 0 aromatic rings. The summed E-state index contributed by atoms with van der Waals surface area (Å²) in [6.07, 6.45) is 6.12. The van der Waals surface area contributed by atoms with Gasteiger partial charge in [-0.25, -0.2) is 0 Å². The number of hydrogen-bond acceptors (Lipinski definition) is 2. The minimum Gasteiger partial charge on any atom is -0.282 e. The number of hydrogen-bond donors (Lipinski definition) is 0. The van der Waals surface area contributed by atoms with Crippen molar-refractivity contribution in [1.29, 1.82) is 0 Å². The Morgan fingerprint density at radius 2 is 1.93 bits per heavy atom. The molecule has 74 valence electrons. The van der Waals surface area contributed by atoms with Crippen LogP contribution in [0.4, 0.5) is 0 Å². The van der Waals surface area contributed by atoms with Crippen LogP contribution < -0.4 is 0 Å². The third-order valence-corrected chi connectivity index (χ3v) is 3.64. The van der Waals surface area contributed by atoms with Gasteiger partial charge >= 0.3 is 0 Å². The molecule has 0 radical (unpaired) electrons. The van der Waals surface area contributed by atoms with Crippen LogP contribution in [-0.4, -0.2) is 16.6 Å². The van der Waals surface area contributed by atoms with E-state index in [2.05, 4.69) is 37.9 Å². The Labute approximate surface area is 90.6 Å². The van der Waals surface area contributed by atoms with Crippen LogP contribution in [0, 0.1) is 11.8 Å². The zero-order valence-electron chi connectivity index (χ0n) is 8.82. The second-order valence-electron chi connectivity index (χ2n) is 4.24. The first kappa shape index (κ1) is 9.78. The number of rotatable bonds is 0. The SMILES string of the molecule is CC1N=C2C=CC(=S)C=C2C(C)C1C. The molecular weight excluding hydrogens is 190 g/mol. The summed E-state index contributed by atoms with van der Waals surface area (Å²) in [5.74, 6) is 1.18. The van der Waals surface area contributed by atoms with E-state index in [1.807, 2.05) is 6.08 Å². The molecule has 0 aromatic carbocycles. The van der Waals surface area contributed by atoms with E-state index in [9.17, 15) is 0 Å². The first-order chi connectivity index (χ1) is 6.59. The Bertz CT molecular complexity index is 363. The van der Waals surface area contributed by atoms with Gasteiger partial charge in [-0.3, -0.25) is 4.99 Å². The standard InChI is InChI=1S/C12H15NS/c1-7-8(2)11-6-10(14)4-5-12(11)13-9(7)3/h4-9H,1-3H3. The van der Waals surface area contributed by atoms with Crippen molar-refractivity contribution in [2.24, 2.45) is 16.8 Å². The highest BCUT2D eigenvalue weighted by Gasteiger charge is 2.29. The summed E-state index contributed by atoms with van der Waals surface area (Å²) >= 11 is 5.18. The lowest BCUT2D eigenvalue weighted by atomic mass is 9.78. The molecule has 3 atom stereocenters. The maximum Gasteiger partial charge on any atom is 0.0613 e. The average Bonchev–Trinajstić information content (AvgIpc) is 2.16. The second kappa shape index (κ2) is 3.43. The van der Waals surface area contributed by atoms with Crippen LogP contribution in [0.5, 0.6) is 0 Å². The van der Waals surface area contributed by atoms with Gasteiger partial charge in [-0.05, 0) is 42.6 Å². The van der Waals surface area contributed by atoms with Crippen molar-refractivity contribution in [3.05, 3.63) is 23.8 Å². The molecular formula is C12H15NS. The maximum atomic E-state index is 5.18. The van der Waals surface area contributed by atoms with E-state index in [1.165, 1.54) is 5.57 Å².